The summed E-state index contributed by atoms with van der Waals surface area (Å²) in [5.41, 5.74) is 0.279. The summed E-state index contributed by atoms with van der Waals surface area (Å²) in [4.78, 5) is 2.66. The molecule has 1 heterocycles. The molecule has 2 atom stereocenters. The molecule has 0 aromatic carbocycles. The normalized spacial score (nSPS) is 27.3. The number of hydrogen-bond donors (Lipinski definition) is 1. The predicted molar refractivity (Wildman–Crippen MR) is 80.5 cm³/mol. The molecule has 0 bridgehead atoms. The molecule has 0 spiro atoms. The first-order valence-electron chi connectivity index (χ1n) is 8.20. The van der Waals surface area contributed by atoms with Crippen molar-refractivity contribution < 1.29 is 4.74 Å². The van der Waals surface area contributed by atoms with Crippen molar-refractivity contribution in [3.05, 3.63) is 0 Å². The molecule has 0 amide bonds. The summed E-state index contributed by atoms with van der Waals surface area (Å²) in [6, 6.07) is 0.610. The monoisotopic (exact) mass is 268 g/mol. The van der Waals surface area contributed by atoms with Gasteiger partial charge in [0, 0.05) is 24.7 Å². The minimum atomic E-state index is 0.279. The smallest absolute Gasteiger partial charge is 0.0594 e. The Morgan fingerprint density at radius 2 is 1.89 bits per heavy atom. The van der Waals surface area contributed by atoms with Crippen molar-refractivity contribution in [3.63, 3.8) is 0 Å². The van der Waals surface area contributed by atoms with Crippen molar-refractivity contribution in [2.45, 2.75) is 64.0 Å². The second-order valence-electron chi connectivity index (χ2n) is 6.54. The summed E-state index contributed by atoms with van der Waals surface area (Å²) in [6.07, 6.45) is 8.34. The Bertz CT molecular complexity index is 259. The Morgan fingerprint density at radius 3 is 2.42 bits per heavy atom. The topological polar surface area (TPSA) is 24.5 Å². The summed E-state index contributed by atoms with van der Waals surface area (Å²) in [7, 11) is 2.15. The second kappa shape index (κ2) is 7.05. The third kappa shape index (κ3) is 3.50. The number of morpholine rings is 1. The zero-order valence-electron chi connectivity index (χ0n) is 13.1. The minimum absolute atomic E-state index is 0.279. The van der Waals surface area contributed by atoms with Crippen LogP contribution in [0.4, 0.5) is 0 Å². The van der Waals surface area contributed by atoms with E-state index < -0.39 is 0 Å². The van der Waals surface area contributed by atoms with Crippen molar-refractivity contribution in [1.29, 1.82) is 0 Å². The Labute approximate surface area is 119 Å². The lowest BCUT2D eigenvalue weighted by Crippen LogP contribution is -2.61. The molecular weight excluding hydrogens is 236 g/mol. The highest BCUT2D eigenvalue weighted by Crippen LogP contribution is 2.34. The molecule has 112 valence electrons. The summed E-state index contributed by atoms with van der Waals surface area (Å²) in [6.45, 7) is 8.77. The van der Waals surface area contributed by atoms with Crippen molar-refractivity contribution in [3.8, 4) is 0 Å². The molecule has 1 saturated carbocycles. The van der Waals surface area contributed by atoms with Crippen LogP contribution >= 0.6 is 0 Å². The lowest BCUT2D eigenvalue weighted by Gasteiger charge is -2.48. The Kier molecular flexibility index (Phi) is 5.67. The molecule has 0 aromatic rings. The Morgan fingerprint density at radius 1 is 1.26 bits per heavy atom. The van der Waals surface area contributed by atoms with E-state index in [-0.39, 0.29) is 5.54 Å². The minimum Gasteiger partial charge on any atom is -0.379 e. The van der Waals surface area contributed by atoms with Gasteiger partial charge >= 0.3 is 0 Å². The van der Waals surface area contributed by atoms with Gasteiger partial charge in [-0.25, -0.2) is 0 Å². The molecule has 0 aromatic heterocycles. The lowest BCUT2D eigenvalue weighted by atomic mass is 9.81. The highest BCUT2D eigenvalue weighted by atomic mass is 16.5. The van der Waals surface area contributed by atoms with E-state index in [1.54, 1.807) is 0 Å². The molecule has 1 saturated heterocycles. The molecule has 1 aliphatic carbocycles. The van der Waals surface area contributed by atoms with E-state index in [1.165, 1.54) is 38.5 Å². The van der Waals surface area contributed by atoms with Gasteiger partial charge in [-0.3, -0.25) is 4.90 Å². The fraction of sp³-hybridized carbons (Fsp3) is 1.00. The molecule has 2 aliphatic rings. The summed E-state index contributed by atoms with van der Waals surface area (Å²) < 4.78 is 5.52. The van der Waals surface area contributed by atoms with Crippen LogP contribution in [0.25, 0.3) is 0 Å². The fourth-order valence-corrected chi connectivity index (χ4v) is 4.03. The highest BCUT2D eigenvalue weighted by Gasteiger charge is 2.39. The first-order chi connectivity index (χ1) is 9.20. The Balaban J connectivity index is 2.01. The van der Waals surface area contributed by atoms with Crippen LogP contribution in [0.3, 0.4) is 0 Å². The van der Waals surface area contributed by atoms with Crippen molar-refractivity contribution >= 4 is 0 Å². The predicted octanol–water partition coefficient (Wildman–Crippen LogP) is 2.66. The van der Waals surface area contributed by atoms with Gasteiger partial charge in [0.05, 0.1) is 13.2 Å². The van der Waals surface area contributed by atoms with E-state index in [4.69, 9.17) is 4.74 Å². The summed E-state index contributed by atoms with van der Waals surface area (Å²) >= 11 is 0. The average Bonchev–Trinajstić information content (AvgIpc) is 2.98. The standard InChI is InChI=1S/C16H32N2O/c1-4-16(2,18-9-11-19-12-10-18)15(17-3)13-14-7-5-6-8-14/h14-15,17H,4-13H2,1-3H3. The molecule has 2 fully saturated rings. The molecule has 2 rings (SSSR count). The molecule has 3 heteroatoms. The van der Waals surface area contributed by atoms with Gasteiger partial charge in [0.25, 0.3) is 0 Å². The molecule has 19 heavy (non-hydrogen) atoms. The number of rotatable bonds is 6. The van der Waals surface area contributed by atoms with Crippen LogP contribution in [0.2, 0.25) is 0 Å². The van der Waals surface area contributed by atoms with Gasteiger partial charge in [0.15, 0.2) is 0 Å². The highest BCUT2D eigenvalue weighted by molar-refractivity contribution is 4.97. The van der Waals surface area contributed by atoms with E-state index in [9.17, 15) is 0 Å². The van der Waals surface area contributed by atoms with Crippen LogP contribution in [0.1, 0.15) is 52.4 Å². The van der Waals surface area contributed by atoms with Gasteiger partial charge < -0.3 is 10.1 Å². The van der Waals surface area contributed by atoms with Gasteiger partial charge in [-0.2, -0.15) is 0 Å². The maximum atomic E-state index is 5.52. The SMILES string of the molecule is CCC(C)(C(CC1CCCC1)NC)N1CCOCC1. The molecule has 3 nitrogen and oxygen atoms in total. The second-order valence-corrected chi connectivity index (χ2v) is 6.54. The van der Waals surface area contributed by atoms with Crippen LogP contribution in [-0.4, -0.2) is 49.8 Å². The van der Waals surface area contributed by atoms with Crippen LogP contribution in [-0.2, 0) is 4.74 Å². The maximum absolute atomic E-state index is 5.52. The van der Waals surface area contributed by atoms with E-state index in [0.29, 0.717) is 6.04 Å². The van der Waals surface area contributed by atoms with Crippen molar-refractivity contribution in [1.82, 2.24) is 10.2 Å². The number of nitrogens with zero attached hydrogens (tertiary/aromatic N) is 1. The van der Waals surface area contributed by atoms with E-state index in [0.717, 1.165) is 32.2 Å². The van der Waals surface area contributed by atoms with Gasteiger partial charge in [0.2, 0.25) is 0 Å². The molecule has 1 N–H and O–H groups in total. The van der Waals surface area contributed by atoms with Gasteiger partial charge in [-0.15, -0.1) is 0 Å². The average molecular weight is 268 g/mol. The number of likely N-dealkylation sites (N-methyl/N-ethyl adjacent to an activating group) is 1. The maximum Gasteiger partial charge on any atom is 0.0594 e. The quantitative estimate of drug-likeness (QED) is 0.801. The van der Waals surface area contributed by atoms with E-state index >= 15 is 0 Å². The molecule has 2 unspecified atom stereocenters. The van der Waals surface area contributed by atoms with Gasteiger partial charge in [-0.05, 0) is 32.7 Å². The van der Waals surface area contributed by atoms with Crippen LogP contribution in [0.5, 0.6) is 0 Å². The van der Waals surface area contributed by atoms with E-state index in [1.807, 2.05) is 0 Å². The van der Waals surface area contributed by atoms with Gasteiger partial charge in [-0.1, -0.05) is 32.6 Å². The summed E-state index contributed by atoms with van der Waals surface area (Å²) in [5.74, 6) is 0.948. The van der Waals surface area contributed by atoms with Gasteiger partial charge in [0.1, 0.15) is 0 Å². The zero-order chi connectivity index (χ0) is 13.7. The van der Waals surface area contributed by atoms with Crippen molar-refractivity contribution in [2.24, 2.45) is 5.92 Å². The number of hydrogen-bond acceptors (Lipinski definition) is 3. The number of ether oxygens (including phenoxy) is 1. The largest absolute Gasteiger partial charge is 0.379 e. The zero-order valence-corrected chi connectivity index (χ0v) is 13.1. The third-order valence-corrected chi connectivity index (χ3v) is 5.59. The van der Waals surface area contributed by atoms with Crippen LogP contribution in [0, 0.1) is 5.92 Å². The number of nitrogens with one attached hydrogen (secondary N) is 1. The molecule has 0 radical (unpaired) electrons. The first kappa shape index (κ1) is 15.3. The van der Waals surface area contributed by atoms with Crippen LogP contribution in [0.15, 0.2) is 0 Å². The fourth-order valence-electron chi connectivity index (χ4n) is 4.03. The van der Waals surface area contributed by atoms with Crippen LogP contribution < -0.4 is 5.32 Å². The Hall–Kier alpha value is -0.120. The molecule has 1 aliphatic heterocycles. The first-order valence-corrected chi connectivity index (χ1v) is 8.20. The van der Waals surface area contributed by atoms with E-state index in [2.05, 4.69) is 31.1 Å². The summed E-state index contributed by atoms with van der Waals surface area (Å²) in [5, 5.41) is 3.64. The van der Waals surface area contributed by atoms with Crippen molar-refractivity contribution in [2.75, 3.05) is 33.4 Å². The third-order valence-electron chi connectivity index (χ3n) is 5.59. The molecular formula is C16H32N2O. The lowest BCUT2D eigenvalue weighted by molar-refractivity contribution is -0.0343.